The third-order valence-corrected chi connectivity index (χ3v) is 4.29. The zero-order chi connectivity index (χ0) is 14.5. The van der Waals surface area contributed by atoms with Gasteiger partial charge in [-0.15, -0.1) is 0 Å². The fourth-order valence-corrected chi connectivity index (χ4v) is 2.70. The standard InChI is InChI=1S/C17H25NO2/c1-12-7-9-15(10-8-12)18-17(19)11-20-16-6-4-5-13(2)14(16)3/h4-6,12,15H,7-11H2,1-3H3,(H,18,19). The van der Waals surface area contributed by atoms with Crippen molar-refractivity contribution in [2.75, 3.05) is 6.61 Å². The zero-order valence-corrected chi connectivity index (χ0v) is 12.7. The Morgan fingerprint density at radius 3 is 2.65 bits per heavy atom. The van der Waals surface area contributed by atoms with E-state index in [1.54, 1.807) is 0 Å². The highest BCUT2D eigenvalue weighted by Crippen LogP contribution is 2.23. The monoisotopic (exact) mass is 275 g/mol. The Morgan fingerprint density at radius 2 is 1.95 bits per heavy atom. The van der Waals surface area contributed by atoms with E-state index in [0.29, 0.717) is 6.04 Å². The van der Waals surface area contributed by atoms with E-state index in [0.717, 1.165) is 30.1 Å². The molecule has 0 radical (unpaired) electrons. The maximum Gasteiger partial charge on any atom is 0.258 e. The Bertz CT molecular complexity index is 462. The highest BCUT2D eigenvalue weighted by Gasteiger charge is 2.19. The molecule has 1 amide bonds. The summed E-state index contributed by atoms with van der Waals surface area (Å²) in [4.78, 5) is 11.9. The number of rotatable bonds is 4. The molecular formula is C17H25NO2. The van der Waals surface area contributed by atoms with Crippen LogP contribution in [-0.4, -0.2) is 18.6 Å². The minimum absolute atomic E-state index is 0.00883. The van der Waals surface area contributed by atoms with E-state index in [4.69, 9.17) is 4.74 Å². The number of benzene rings is 1. The van der Waals surface area contributed by atoms with Crippen molar-refractivity contribution in [1.82, 2.24) is 5.32 Å². The number of ether oxygens (including phenoxy) is 1. The lowest BCUT2D eigenvalue weighted by molar-refractivity contribution is -0.124. The summed E-state index contributed by atoms with van der Waals surface area (Å²) in [5.41, 5.74) is 2.29. The van der Waals surface area contributed by atoms with Gasteiger partial charge in [0.15, 0.2) is 6.61 Å². The summed E-state index contributed by atoms with van der Waals surface area (Å²) in [7, 11) is 0. The maximum absolute atomic E-state index is 11.9. The molecule has 1 N–H and O–H groups in total. The van der Waals surface area contributed by atoms with Crippen LogP contribution >= 0.6 is 0 Å². The Labute approximate surface area is 121 Å². The first kappa shape index (κ1) is 14.9. The molecule has 1 fully saturated rings. The molecule has 0 heterocycles. The molecule has 1 aliphatic carbocycles. The molecule has 3 heteroatoms. The Morgan fingerprint density at radius 1 is 1.25 bits per heavy atom. The van der Waals surface area contributed by atoms with Gasteiger partial charge in [0.1, 0.15) is 5.75 Å². The van der Waals surface area contributed by atoms with E-state index in [1.165, 1.54) is 18.4 Å². The molecule has 0 aliphatic heterocycles. The molecule has 1 aromatic carbocycles. The Hall–Kier alpha value is -1.51. The molecular weight excluding hydrogens is 250 g/mol. The van der Waals surface area contributed by atoms with Crippen LogP contribution in [0.4, 0.5) is 0 Å². The van der Waals surface area contributed by atoms with Gasteiger partial charge in [-0.05, 0) is 62.6 Å². The second-order valence-corrected chi connectivity index (χ2v) is 6.01. The molecule has 0 atom stereocenters. The smallest absolute Gasteiger partial charge is 0.258 e. The van der Waals surface area contributed by atoms with Crippen molar-refractivity contribution in [3.05, 3.63) is 29.3 Å². The predicted molar refractivity (Wildman–Crippen MR) is 81.0 cm³/mol. The summed E-state index contributed by atoms with van der Waals surface area (Å²) in [6.45, 7) is 6.45. The first-order chi connectivity index (χ1) is 9.56. The normalized spacial score (nSPS) is 22.4. The molecule has 0 unspecified atom stereocenters. The Kier molecular flexibility index (Phi) is 5.05. The lowest BCUT2D eigenvalue weighted by Crippen LogP contribution is -2.39. The molecule has 20 heavy (non-hydrogen) atoms. The second kappa shape index (κ2) is 6.78. The van der Waals surface area contributed by atoms with Crippen LogP contribution in [0.25, 0.3) is 0 Å². The fourth-order valence-electron chi connectivity index (χ4n) is 2.70. The van der Waals surface area contributed by atoms with Crippen LogP contribution in [0, 0.1) is 19.8 Å². The number of amides is 1. The van der Waals surface area contributed by atoms with Crippen molar-refractivity contribution in [2.45, 2.75) is 52.5 Å². The van der Waals surface area contributed by atoms with Crippen molar-refractivity contribution in [3.63, 3.8) is 0 Å². The average Bonchev–Trinajstić information content (AvgIpc) is 2.43. The third-order valence-electron chi connectivity index (χ3n) is 4.29. The molecule has 1 aliphatic rings. The van der Waals surface area contributed by atoms with Crippen LogP contribution in [0.2, 0.25) is 0 Å². The van der Waals surface area contributed by atoms with Crippen LogP contribution in [0.15, 0.2) is 18.2 Å². The molecule has 1 aromatic rings. The van der Waals surface area contributed by atoms with Gasteiger partial charge < -0.3 is 10.1 Å². The van der Waals surface area contributed by atoms with Crippen LogP contribution in [-0.2, 0) is 4.79 Å². The summed E-state index contributed by atoms with van der Waals surface area (Å²) in [6.07, 6.45) is 4.61. The zero-order valence-electron chi connectivity index (χ0n) is 12.7. The fraction of sp³-hybridized carbons (Fsp3) is 0.588. The van der Waals surface area contributed by atoms with Crippen molar-refractivity contribution in [1.29, 1.82) is 0 Å². The van der Waals surface area contributed by atoms with Gasteiger partial charge in [0, 0.05) is 6.04 Å². The van der Waals surface area contributed by atoms with E-state index in [1.807, 2.05) is 32.0 Å². The lowest BCUT2D eigenvalue weighted by atomic mass is 9.87. The Balaban J connectivity index is 1.79. The van der Waals surface area contributed by atoms with E-state index >= 15 is 0 Å². The van der Waals surface area contributed by atoms with Crippen LogP contribution < -0.4 is 10.1 Å². The molecule has 0 bridgehead atoms. The SMILES string of the molecule is Cc1cccc(OCC(=O)NC2CCC(C)CC2)c1C. The van der Waals surface area contributed by atoms with Gasteiger partial charge in [-0.3, -0.25) is 4.79 Å². The number of nitrogens with one attached hydrogen (secondary N) is 1. The number of carbonyl (C=O) groups excluding carboxylic acids is 1. The lowest BCUT2D eigenvalue weighted by Gasteiger charge is -2.26. The predicted octanol–water partition coefficient (Wildman–Crippen LogP) is 3.38. The average molecular weight is 275 g/mol. The molecule has 0 saturated heterocycles. The van der Waals surface area contributed by atoms with Crippen molar-refractivity contribution >= 4 is 5.91 Å². The van der Waals surface area contributed by atoms with E-state index in [9.17, 15) is 4.79 Å². The van der Waals surface area contributed by atoms with Crippen molar-refractivity contribution in [2.24, 2.45) is 5.92 Å². The topological polar surface area (TPSA) is 38.3 Å². The van der Waals surface area contributed by atoms with Gasteiger partial charge in [0.2, 0.25) is 0 Å². The highest BCUT2D eigenvalue weighted by molar-refractivity contribution is 5.77. The summed E-state index contributed by atoms with van der Waals surface area (Å²) in [5.74, 6) is 1.59. The van der Waals surface area contributed by atoms with Crippen molar-refractivity contribution < 1.29 is 9.53 Å². The summed E-state index contributed by atoms with van der Waals surface area (Å²) >= 11 is 0. The minimum Gasteiger partial charge on any atom is -0.483 e. The van der Waals surface area contributed by atoms with Gasteiger partial charge >= 0.3 is 0 Å². The summed E-state index contributed by atoms with van der Waals surface area (Å²) < 4.78 is 5.63. The molecule has 110 valence electrons. The van der Waals surface area contributed by atoms with Crippen molar-refractivity contribution in [3.8, 4) is 5.75 Å². The summed E-state index contributed by atoms with van der Waals surface area (Å²) in [6, 6.07) is 6.25. The van der Waals surface area contributed by atoms with Gasteiger partial charge in [-0.1, -0.05) is 19.1 Å². The van der Waals surface area contributed by atoms with E-state index in [-0.39, 0.29) is 12.5 Å². The van der Waals surface area contributed by atoms with Crippen LogP contribution in [0.1, 0.15) is 43.7 Å². The number of hydrogen-bond donors (Lipinski definition) is 1. The number of aryl methyl sites for hydroxylation is 1. The molecule has 3 nitrogen and oxygen atoms in total. The molecule has 1 saturated carbocycles. The highest BCUT2D eigenvalue weighted by atomic mass is 16.5. The minimum atomic E-state index is -0.00883. The van der Waals surface area contributed by atoms with Gasteiger partial charge in [-0.25, -0.2) is 0 Å². The largest absolute Gasteiger partial charge is 0.483 e. The summed E-state index contributed by atoms with van der Waals surface area (Å²) in [5, 5.41) is 3.08. The third kappa shape index (κ3) is 3.99. The van der Waals surface area contributed by atoms with Crippen LogP contribution in [0.5, 0.6) is 5.75 Å². The van der Waals surface area contributed by atoms with Gasteiger partial charge in [-0.2, -0.15) is 0 Å². The number of hydrogen-bond acceptors (Lipinski definition) is 2. The van der Waals surface area contributed by atoms with E-state index < -0.39 is 0 Å². The number of carbonyl (C=O) groups is 1. The second-order valence-electron chi connectivity index (χ2n) is 6.01. The molecule has 0 spiro atoms. The maximum atomic E-state index is 11.9. The molecule has 2 rings (SSSR count). The van der Waals surface area contributed by atoms with E-state index in [2.05, 4.69) is 12.2 Å². The first-order valence-electron chi connectivity index (χ1n) is 7.54. The first-order valence-corrected chi connectivity index (χ1v) is 7.54. The van der Waals surface area contributed by atoms with Gasteiger partial charge in [0.05, 0.1) is 0 Å². The van der Waals surface area contributed by atoms with Gasteiger partial charge in [0.25, 0.3) is 5.91 Å². The quantitative estimate of drug-likeness (QED) is 0.915. The van der Waals surface area contributed by atoms with Crippen LogP contribution in [0.3, 0.4) is 0 Å². The molecule has 0 aromatic heterocycles.